The molecule has 4 aromatic carbocycles. The van der Waals surface area contributed by atoms with Crippen molar-refractivity contribution in [2.75, 3.05) is 0 Å². The molecule has 0 saturated heterocycles. The molecule has 4 aromatic rings. The van der Waals surface area contributed by atoms with Gasteiger partial charge in [-0.1, -0.05) is 12.1 Å². The predicted molar refractivity (Wildman–Crippen MR) is 112 cm³/mol. The van der Waals surface area contributed by atoms with Gasteiger partial charge in [-0.3, -0.25) is 0 Å². The van der Waals surface area contributed by atoms with E-state index in [1.165, 1.54) is 21.5 Å². The van der Waals surface area contributed by atoms with Crippen molar-refractivity contribution in [2.45, 2.75) is 18.6 Å². The molecule has 158 valence electrons. The maximum Gasteiger partial charge on any atom is 0.485 e. The Balaban J connectivity index is 0.000000208. The van der Waals surface area contributed by atoms with E-state index in [0.717, 1.165) is 0 Å². The Morgan fingerprint density at radius 1 is 0.833 bits per heavy atom. The van der Waals surface area contributed by atoms with Gasteiger partial charge in [0.05, 0.1) is 0 Å². The van der Waals surface area contributed by atoms with Gasteiger partial charge in [0, 0.05) is 0 Å². The Labute approximate surface area is 189 Å². The van der Waals surface area contributed by atoms with Gasteiger partial charge in [-0.25, -0.2) is 8.42 Å². The van der Waals surface area contributed by atoms with Crippen LogP contribution in [0.3, 0.4) is 0 Å². The van der Waals surface area contributed by atoms with E-state index in [1.54, 1.807) is 23.3 Å². The minimum absolute atomic E-state index is 0.210. The molecule has 0 atom stereocenters. The number of fused-ring (bicyclic) bond motifs is 2. The first-order valence-electron chi connectivity index (χ1n) is 8.66. The molecule has 0 amide bonds. The number of benzene rings is 2. The van der Waals surface area contributed by atoms with Crippen molar-refractivity contribution in [3.05, 3.63) is 84.9 Å². The summed E-state index contributed by atoms with van der Waals surface area (Å²) in [4.78, 5) is 0. The van der Waals surface area contributed by atoms with Gasteiger partial charge < -0.3 is 4.55 Å². The van der Waals surface area contributed by atoms with Crippen LogP contribution in [0.5, 0.6) is 0 Å². The van der Waals surface area contributed by atoms with Gasteiger partial charge in [-0.05, 0) is 0 Å². The van der Waals surface area contributed by atoms with Gasteiger partial charge >= 0.3 is 47.4 Å². The third-order valence-electron chi connectivity index (χ3n) is 3.38. The smallest absolute Gasteiger partial charge is 0.485 e. The maximum atomic E-state index is 10.7. The normalized spacial score (nSPS) is 10.8. The largest absolute Gasteiger partial charge is 0.741 e. The first-order valence-corrected chi connectivity index (χ1v) is 16.3. The molecule has 0 aliphatic heterocycles. The van der Waals surface area contributed by atoms with E-state index < -0.39 is 15.6 Å². The summed E-state index contributed by atoms with van der Waals surface area (Å²) < 4.78 is 58.9. The third-order valence-corrected chi connectivity index (χ3v) is 3.95. The van der Waals surface area contributed by atoms with Crippen molar-refractivity contribution in [3.63, 3.8) is 0 Å². The minimum atomic E-state index is -6.09. The zero-order valence-electron chi connectivity index (χ0n) is 16.3. The molecule has 4 rings (SSSR count). The molecule has 9 heteroatoms. The predicted octanol–water partition coefficient (Wildman–Crippen LogP) is 5.95. The van der Waals surface area contributed by atoms with Crippen LogP contribution in [-0.2, 0) is 33.5 Å². The molecule has 0 radical (unpaired) electrons. The van der Waals surface area contributed by atoms with Crippen LogP contribution in [0, 0.1) is 0 Å². The van der Waals surface area contributed by atoms with Crippen LogP contribution in [0.25, 0.3) is 21.5 Å². The molecular weight excluding hydrogens is 509 g/mol. The summed E-state index contributed by atoms with van der Waals surface area (Å²) in [5, 5.41) is 5.32. The van der Waals surface area contributed by atoms with Gasteiger partial charge in [0.1, 0.15) is 0 Å². The van der Waals surface area contributed by atoms with Crippen molar-refractivity contribution in [3.8, 4) is 0 Å². The van der Waals surface area contributed by atoms with Crippen LogP contribution < -0.4 is 0 Å². The monoisotopic (exact) mass is 527 g/mol. The van der Waals surface area contributed by atoms with Crippen LogP contribution in [-0.4, -0.2) is 23.9 Å². The fourth-order valence-electron chi connectivity index (χ4n) is 2.14. The summed E-state index contributed by atoms with van der Waals surface area (Å²) in [5.74, 6) is 0. The summed E-state index contributed by atoms with van der Waals surface area (Å²) in [5.41, 5.74) is -5.44. The summed E-state index contributed by atoms with van der Waals surface area (Å²) >= 11 is 1.74. The molecule has 0 aliphatic carbocycles. The maximum absolute atomic E-state index is 10.7. The summed E-state index contributed by atoms with van der Waals surface area (Å²) in [6, 6.07) is 29.3. The second kappa shape index (κ2) is 12.3. The molecule has 0 fully saturated rings. The van der Waals surface area contributed by atoms with Crippen LogP contribution in [0.15, 0.2) is 84.9 Å². The topological polar surface area (TPSA) is 57.2 Å². The van der Waals surface area contributed by atoms with Gasteiger partial charge in [-0.2, -0.15) is 48.2 Å². The molecule has 0 unspecified atom stereocenters. The fourth-order valence-corrected chi connectivity index (χ4v) is 2.14. The zero-order chi connectivity index (χ0) is 22.8. The van der Waals surface area contributed by atoms with Crippen molar-refractivity contribution >= 4 is 37.1 Å². The standard InChI is InChI=1S/2C9H7.C2H6Si.CHF3O3S.Zr/c2*1-2-5-9-7-3-6-8(9)4-1;1-3-2;2-1(3,4)8(5,6)7;/h2*1-7H;1-2H3;(H,5,6,7);/q2*-1;;;+2/p-1. The molecule has 0 bridgehead atoms. The van der Waals surface area contributed by atoms with Crippen molar-refractivity contribution < 1.29 is 49.5 Å². The number of rotatable bonds is 0. The van der Waals surface area contributed by atoms with Gasteiger partial charge in [-0.15, -0.1) is 59.3 Å². The van der Waals surface area contributed by atoms with Crippen molar-refractivity contribution in [1.82, 2.24) is 0 Å². The molecule has 0 aromatic heterocycles. The van der Waals surface area contributed by atoms with E-state index in [4.69, 9.17) is 13.0 Å². The number of hydrogen-bond acceptors (Lipinski definition) is 3. The van der Waals surface area contributed by atoms with E-state index in [9.17, 15) is 13.2 Å². The summed E-state index contributed by atoms with van der Waals surface area (Å²) in [6.07, 6.45) is 0. The second-order valence-electron chi connectivity index (χ2n) is 6.21. The molecule has 3 nitrogen and oxygen atoms in total. The van der Waals surface area contributed by atoms with E-state index >= 15 is 0 Å². The van der Waals surface area contributed by atoms with Gasteiger partial charge in [0.15, 0.2) is 10.1 Å². The van der Waals surface area contributed by atoms with Crippen LogP contribution >= 0.6 is 0 Å². The number of hydrogen-bond donors (Lipinski definition) is 0. The molecule has 0 N–H and O–H groups in total. The quantitative estimate of drug-likeness (QED) is 0.123. The molecule has 0 spiro atoms. The Kier molecular flexibility index (Phi) is 10.9. The third kappa shape index (κ3) is 9.98. The first-order chi connectivity index (χ1) is 13.9. The van der Waals surface area contributed by atoms with Gasteiger partial charge in [0.2, 0.25) is 0 Å². The van der Waals surface area contributed by atoms with E-state index in [1.807, 2.05) is 0 Å². The van der Waals surface area contributed by atoms with Gasteiger partial charge in [0.25, 0.3) is 0 Å². The van der Waals surface area contributed by atoms with Crippen LogP contribution in [0.1, 0.15) is 0 Å². The first kappa shape index (κ1) is 26.5. The Hall–Kier alpha value is -1.54. The average molecular weight is 529 g/mol. The number of alkyl halides is 3. The van der Waals surface area contributed by atoms with E-state index in [2.05, 4.69) is 98.0 Å². The summed E-state index contributed by atoms with van der Waals surface area (Å²) in [6.45, 7) is 4.62. The van der Waals surface area contributed by atoms with E-state index in [0.29, 0.717) is 0 Å². The van der Waals surface area contributed by atoms with Crippen LogP contribution in [0.4, 0.5) is 13.2 Å². The minimum Gasteiger partial charge on any atom is -0.741 e. The molecule has 0 heterocycles. The molecular formula is C21H20F3O3SSiZr-. The Morgan fingerprint density at radius 2 is 1.13 bits per heavy atom. The van der Waals surface area contributed by atoms with E-state index in [-0.39, 0.29) is 5.43 Å². The number of halogens is 3. The Bertz CT molecular complexity index is 1030. The molecule has 0 saturated carbocycles. The molecule has 30 heavy (non-hydrogen) atoms. The van der Waals surface area contributed by atoms with Crippen LogP contribution in [0.2, 0.25) is 13.1 Å². The molecule has 0 aliphatic rings. The Morgan fingerprint density at radius 3 is 1.40 bits per heavy atom. The SMILES string of the molecule is C[Si](C)=[Zr+2].O=S(=O)([O-])C(F)(F)F.c1ccc2[cH-]ccc2c1.c1ccc2[cH-]ccc2c1. The summed E-state index contributed by atoms with van der Waals surface area (Å²) in [7, 11) is -6.09. The van der Waals surface area contributed by atoms with Crippen molar-refractivity contribution in [2.24, 2.45) is 0 Å². The fraction of sp³-hybridized carbons (Fsp3) is 0.143. The second-order valence-corrected chi connectivity index (χ2v) is 17.0. The average Bonchev–Trinajstić information content (AvgIpc) is 3.30. The zero-order valence-corrected chi connectivity index (χ0v) is 20.6. The van der Waals surface area contributed by atoms with Crippen molar-refractivity contribution in [1.29, 1.82) is 0 Å².